The highest BCUT2D eigenvalue weighted by Crippen LogP contribution is 2.34. The molecule has 6 aliphatic rings. The summed E-state index contributed by atoms with van der Waals surface area (Å²) in [5, 5.41) is 28.5. The molecule has 6 fully saturated rings. The zero-order chi connectivity index (χ0) is 76.7. The van der Waals surface area contributed by atoms with Gasteiger partial charge in [-0.25, -0.2) is 0 Å². The Balaban J connectivity index is 1.46. The standard InChI is InChI=1S/C78H134N12O14/c1-49(2)40-58-74(100)88(13)64(45-56-36-26-18-27-37-56)77(103)89(14)63(44-55-34-24-17-25-35-55)76(102)85(10)47-65(92)79-59(43-54-32-22-16-23-33-54)73(99)86(11)51(5)68(94)80-57(42-53-30-20-15-21-31-53)69(95)83-61(48-104-78(7,8)9)70(96)81-60(75(101)90-38-28-19-29-39-90)46-66(93)87(12)62(41-50(3)4)71(97)84-67(52(6)91)72(98)82-58/h49-64,67,91H,15-48H2,1-14H3,(H,79,92)(H,80,94)(H,81,96)(H,82,98)(H,83,95)(H,84,97)/t51-,52+,57-,58-,59-,60-,61-,62-,63-,64-,67-/m0/s1. The van der Waals surface area contributed by atoms with Crippen molar-refractivity contribution in [2.24, 2.45) is 35.5 Å². The van der Waals surface area contributed by atoms with Crippen molar-refractivity contribution in [2.45, 2.75) is 327 Å². The van der Waals surface area contributed by atoms with E-state index in [1.165, 1.54) is 54.7 Å². The number of nitrogens with zero attached hydrogens (tertiary/aromatic N) is 6. The molecule has 0 aromatic heterocycles. The van der Waals surface area contributed by atoms with Gasteiger partial charge in [0, 0.05) is 48.3 Å². The molecule has 26 nitrogen and oxygen atoms in total. The van der Waals surface area contributed by atoms with Gasteiger partial charge < -0.3 is 71.1 Å². The third-order valence-corrected chi connectivity index (χ3v) is 22.9. The average molecular weight is 1460 g/mol. The first kappa shape index (κ1) is 86.5. The Labute approximate surface area is 621 Å². The Morgan fingerprint density at radius 1 is 0.452 bits per heavy atom. The number of carbonyl (C=O) groups is 12. The molecule has 4 aliphatic carbocycles. The summed E-state index contributed by atoms with van der Waals surface area (Å²) < 4.78 is 6.19. The lowest BCUT2D eigenvalue weighted by Crippen LogP contribution is -2.62. The smallest absolute Gasteiger partial charge is 0.245 e. The molecule has 0 aromatic rings. The second kappa shape index (κ2) is 41.6. The minimum absolute atomic E-state index is 0.00534. The zero-order valence-electron chi connectivity index (χ0n) is 65.8. The molecular weight excluding hydrogens is 1330 g/mol. The van der Waals surface area contributed by atoms with Gasteiger partial charge in [-0.2, -0.15) is 0 Å². The summed E-state index contributed by atoms with van der Waals surface area (Å²) in [6.07, 6.45) is 19.2. The highest BCUT2D eigenvalue weighted by atomic mass is 16.5. The summed E-state index contributed by atoms with van der Waals surface area (Å²) in [6.45, 7) is 15.4. The van der Waals surface area contributed by atoms with Crippen LogP contribution in [0.15, 0.2) is 0 Å². The van der Waals surface area contributed by atoms with Crippen LogP contribution in [0, 0.1) is 35.5 Å². The van der Waals surface area contributed by atoms with Crippen LogP contribution in [-0.2, 0) is 62.3 Å². The lowest BCUT2D eigenvalue weighted by atomic mass is 9.83. The molecule has 104 heavy (non-hydrogen) atoms. The van der Waals surface area contributed by atoms with Gasteiger partial charge in [0.2, 0.25) is 70.9 Å². The van der Waals surface area contributed by atoms with Crippen LogP contribution in [0.3, 0.4) is 0 Å². The molecule has 0 bridgehead atoms. The first-order valence-electron chi connectivity index (χ1n) is 39.9. The number of aliphatic hydroxyl groups excluding tert-OH is 1. The van der Waals surface area contributed by atoms with Crippen LogP contribution in [-0.4, -0.2) is 239 Å². The minimum atomic E-state index is -1.67. The summed E-state index contributed by atoms with van der Waals surface area (Å²) in [6, 6.07) is -13.0. The summed E-state index contributed by atoms with van der Waals surface area (Å²) in [7, 11) is 7.46. The third kappa shape index (κ3) is 26.5. The fourth-order valence-electron chi connectivity index (χ4n) is 16.4. The van der Waals surface area contributed by atoms with Crippen LogP contribution in [0.2, 0.25) is 0 Å². The number of ether oxygens (including phenoxy) is 1. The van der Waals surface area contributed by atoms with Crippen LogP contribution in [0.25, 0.3) is 0 Å². The summed E-state index contributed by atoms with van der Waals surface area (Å²) in [5.74, 6) is -8.36. The first-order valence-corrected chi connectivity index (χ1v) is 39.9. The van der Waals surface area contributed by atoms with E-state index in [9.17, 15) is 33.9 Å². The van der Waals surface area contributed by atoms with Gasteiger partial charge in [0.25, 0.3) is 0 Å². The van der Waals surface area contributed by atoms with E-state index in [2.05, 4.69) is 31.9 Å². The number of likely N-dealkylation sites (tertiary alicyclic amines) is 1. The molecule has 0 spiro atoms. The Hall–Kier alpha value is -6.44. The van der Waals surface area contributed by atoms with Gasteiger partial charge in [-0.15, -0.1) is 0 Å². The van der Waals surface area contributed by atoms with Gasteiger partial charge in [-0.05, 0) is 128 Å². The molecule has 590 valence electrons. The molecule has 12 amide bonds. The predicted octanol–water partition coefficient (Wildman–Crippen LogP) is 6.27. The van der Waals surface area contributed by atoms with Crippen molar-refractivity contribution in [3.8, 4) is 0 Å². The van der Waals surface area contributed by atoms with Gasteiger partial charge in [0.15, 0.2) is 0 Å². The van der Waals surface area contributed by atoms with E-state index in [0.29, 0.717) is 32.4 Å². The average Bonchev–Trinajstić information content (AvgIpc) is 0.822. The van der Waals surface area contributed by atoms with E-state index in [-0.39, 0.29) is 67.6 Å². The largest absolute Gasteiger partial charge is 0.391 e. The van der Waals surface area contributed by atoms with E-state index in [4.69, 9.17) is 4.74 Å². The number of rotatable bonds is 16. The molecule has 0 unspecified atom stereocenters. The lowest BCUT2D eigenvalue weighted by Gasteiger charge is -2.40. The molecule has 0 radical (unpaired) electrons. The normalized spacial score (nSPS) is 28.8. The molecule has 4 saturated carbocycles. The van der Waals surface area contributed by atoms with Crippen molar-refractivity contribution < 1.29 is 67.4 Å². The van der Waals surface area contributed by atoms with Crippen molar-refractivity contribution >= 4 is 70.9 Å². The second-order valence-electron chi connectivity index (χ2n) is 33.6. The number of hydrogen-bond donors (Lipinski definition) is 7. The van der Waals surface area contributed by atoms with Crippen LogP contribution < -0.4 is 31.9 Å². The highest BCUT2D eigenvalue weighted by molar-refractivity contribution is 6.00. The highest BCUT2D eigenvalue weighted by Gasteiger charge is 2.44. The molecule has 7 N–H and O–H groups in total. The van der Waals surface area contributed by atoms with E-state index in [1.54, 1.807) is 39.6 Å². The Bertz CT molecular complexity index is 2860. The number of nitrogens with one attached hydrogen (secondary N) is 6. The maximum absolute atomic E-state index is 15.7. The Morgan fingerprint density at radius 2 is 0.885 bits per heavy atom. The van der Waals surface area contributed by atoms with E-state index >= 15 is 28.8 Å². The third-order valence-electron chi connectivity index (χ3n) is 22.9. The van der Waals surface area contributed by atoms with Crippen LogP contribution in [0.1, 0.15) is 255 Å². The van der Waals surface area contributed by atoms with Gasteiger partial charge in [0.05, 0.1) is 31.3 Å². The number of likely N-dealkylation sites (N-methyl/N-ethyl adjacent to an activating group) is 5. The van der Waals surface area contributed by atoms with Crippen LogP contribution in [0.4, 0.5) is 0 Å². The fraction of sp³-hybridized carbons (Fsp3) is 0.846. The predicted molar refractivity (Wildman–Crippen MR) is 397 cm³/mol. The molecule has 2 aliphatic heterocycles. The SMILES string of the molecule is CC(C)C[C@@H]1NC(=O)[C@H]([C@@H](C)O)NC(=O)[C@H](CC(C)C)N(C)C(=O)C[C@@H](C(=O)N2CCCCC2)NC(=O)[C@H](COC(C)(C)C)NC(=O)[C@H](CC2CCCCC2)NC(=O)[C@H](C)N(C)C(=O)[C@H](CC2CCCCC2)NC(=O)CN(C)C(=O)[C@H](CC2CCCCC2)N(C)C(=O)[C@H](CC2CCCCC2)N(C)C1=O. The minimum Gasteiger partial charge on any atom is -0.391 e. The van der Waals surface area contributed by atoms with E-state index < -0.39 is 163 Å². The second-order valence-corrected chi connectivity index (χ2v) is 33.6. The van der Waals surface area contributed by atoms with Crippen LogP contribution in [0.5, 0.6) is 0 Å². The first-order chi connectivity index (χ1) is 49.1. The number of amides is 12. The number of carbonyl (C=O) groups excluding carboxylic acids is 12. The topological polar surface area (TPSA) is 326 Å². The van der Waals surface area contributed by atoms with Crippen LogP contribution >= 0.6 is 0 Å². The maximum atomic E-state index is 15.7. The molecule has 2 heterocycles. The quantitative estimate of drug-likeness (QED) is 0.0896. The Morgan fingerprint density at radius 3 is 1.38 bits per heavy atom. The van der Waals surface area contributed by atoms with Crippen molar-refractivity contribution in [3.05, 3.63) is 0 Å². The van der Waals surface area contributed by atoms with Gasteiger partial charge >= 0.3 is 0 Å². The maximum Gasteiger partial charge on any atom is 0.245 e. The summed E-state index contributed by atoms with van der Waals surface area (Å²) >= 11 is 0. The molecule has 11 atom stereocenters. The fourth-order valence-corrected chi connectivity index (χ4v) is 16.4. The van der Waals surface area contributed by atoms with Gasteiger partial charge in [-0.1, -0.05) is 156 Å². The van der Waals surface area contributed by atoms with Gasteiger partial charge in [0.1, 0.15) is 60.4 Å². The van der Waals surface area contributed by atoms with Crippen molar-refractivity contribution in [1.82, 2.24) is 61.3 Å². The van der Waals surface area contributed by atoms with Crippen molar-refractivity contribution in [1.29, 1.82) is 0 Å². The van der Waals surface area contributed by atoms with Crippen molar-refractivity contribution in [3.63, 3.8) is 0 Å². The van der Waals surface area contributed by atoms with Crippen molar-refractivity contribution in [2.75, 3.05) is 61.5 Å². The molecular formula is C78H134N12O14. The summed E-state index contributed by atoms with van der Waals surface area (Å²) in [4.78, 5) is 189. The molecule has 0 aromatic carbocycles. The zero-order valence-corrected chi connectivity index (χ0v) is 65.8. The molecule has 2 saturated heterocycles. The Kier molecular flexibility index (Phi) is 34.6. The van der Waals surface area contributed by atoms with Gasteiger partial charge in [-0.3, -0.25) is 57.5 Å². The molecule has 6 rings (SSSR count). The lowest BCUT2D eigenvalue weighted by molar-refractivity contribution is -0.152. The molecule has 26 heteroatoms. The summed E-state index contributed by atoms with van der Waals surface area (Å²) in [5.41, 5.74) is -0.849. The van der Waals surface area contributed by atoms with E-state index in [1.807, 2.05) is 27.7 Å². The number of aliphatic hydroxyl groups is 1. The number of hydrogen-bond acceptors (Lipinski definition) is 14. The number of piperidine rings is 1. The van der Waals surface area contributed by atoms with E-state index in [0.717, 1.165) is 140 Å². The monoisotopic (exact) mass is 1460 g/mol.